The fraction of sp³-hybridized carbons (Fsp3) is 0.562. The molecule has 0 aliphatic heterocycles. The third-order valence-corrected chi connectivity index (χ3v) is 7.44. The molecule has 0 bridgehead atoms. The van der Waals surface area contributed by atoms with Crippen molar-refractivity contribution in [2.45, 2.75) is 114 Å². The van der Waals surface area contributed by atoms with Crippen molar-refractivity contribution in [1.29, 1.82) is 0 Å². The maximum atomic E-state index is 12.0. The Kier molecular flexibility index (Phi) is 13.6. The maximum absolute atomic E-state index is 12.0. The molecule has 0 aromatic heterocycles. The number of hydrogen-bond donors (Lipinski definition) is 2. The smallest absolute Gasteiger partial charge is 0.436 e. The van der Waals surface area contributed by atoms with Crippen molar-refractivity contribution in [3.63, 3.8) is 0 Å². The van der Waals surface area contributed by atoms with E-state index < -0.39 is 24.1 Å². The number of benzene rings is 2. The summed E-state index contributed by atoms with van der Waals surface area (Å²) in [6.07, 6.45) is -13.1. The molecule has 47 heavy (non-hydrogen) atoms. The number of rotatable bonds is 5. The number of nitrogens with zero attached hydrogens (tertiary/aromatic N) is 2. The van der Waals surface area contributed by atoms with E-state index in [1.165, 1.54) is 0 Å². The van der Waals surface area contributed by atoms with Gasteiger partial charge in [0.15, 0.2) is 0 Å². The molecule has 0 saturated heterocycles. The monoisotopic (exact) mass is 728 g/mol. The standard InChI is InChI=1S/C28H38N2O2.C4F9O.Co/c1-27(2,3)21-13-9-11-19(25(21)31)17-29-23-15-7-8-16-24(23)30-18-20-12-10-14-22(26(20)32)28(4,5)6;5-1(2(6,7)8,3(9,10)11)4(12,13)14;/h9-14,17-18,23-24,31-32H,7-8,15-16H2,1-6H3;;/q;-1;/t23-,24-;;/m1../s1. The SMILES string of the molecule is CC(C)(C)c1cccc(C=N[C@@H]2CCCC[C@H]2N=Cc2cccc(C(C)(C)C)c2O)c1O.[Co].[O-]C(F)(F)C(F)(C(F)(F)F)C(F)(F)F. The summed E-state index contributed by atoms with van der Waals surface area (Å²) in [6.45, 7) is 12.6. The zero-order chi connectivity index (χ0) is 35.5. The molecule has 267 valence electrons. The van der Waals surface area contributed by atoms with Crippen LogP contribution in [0.15, 0.2) is 46.4 Å². The number of para-hydroxylation sites is 2. The zero-order valence-corrected chi connectivity index (χ0v) is 27.6. The van der Waals surface area contributed by atoms with Crippen molar-refractivity contribution in [1.82, 2.24) is 0 Å². The molecule has 3 rings (SSSR count). The van der Waals surface area contributed by atoms with Crippen molar-refractivity contribution in [2.75, 3.05) is 0 Å². The molecular weight excluding hydrogens is 690 g/mol. The summed E-state index contributed by atoms with van der Waals surface area (Å²) in [5.41, 5.74) is -3.98. The summed E-state index contributed by atoms with van der Waals surface area (Å²) < 4.78 is 103. The molecule has 1 radical (unpaired) electrons. The predicted molar refractivity (Wildman–Crippen MR) is 156 cm³/mol. The summed E-state index contributed by atoms with van der Waals surface area (Å²) in [7, 11) is 0. The molecule has 5 nitrogen and oxygen atoms in total. The number of alkyl halides is 9. The van der Waals surface area contributed by atoms with Crippen LogP contribution in [0.4, 0.5) is 39.5 Å². The van der Waals surface area contributed by atoms with Gasteiger partial charge in [-0.3, -0.25) is 9.98 Å². The van der Waals surface area contributed by atoms with E-state index in [1.54, 1.807) is 12.4 Å². The van der Waals surface area contributed by atoms with Gasteiger partial charge in [-0.15, -0.1) is 0 Å². The second-order valence-electron chi connectivity index (χ2n) is 13.1. The zero-order valence-electron chi connectivity index (χ0n) is 26.5. The van der Waals surface area contributed by atoms with Crippen LogP contribution in [0.3, 0.4) is 0 Å². The molecule has 15 heteroatoms. The molecule has 2 N–H and O–H groups in total. The molecule has 2 aromatic carbocycles. The Morgan fingerprint density at radius 1 is 0.638 bits per heavy atom. The summed E-state index contributed by atoms with van der Waals surface area (Å²) in [6, 6.07) is 11.9. The topological polar surface area (TPSA) is 88.2 Å². The van der Waals surface area contributed by atoms with Gasteiger partial charge in [-0.25, -0.2) is 13.2 Å². The molecule has 0 unspecified atom stereocenters. The van der Waals surface area contributed by atoms with Crippen molar-refractivity contribution in [3.8, 4) is 11.5 Å². The van der Waals surface area contributed by atoms with E-state index >= 15 is 0 Å². The molecule has 1 saturated carbocycles. The number of halogens is 9. The molecule has 1 fully saturated rings. The van der Waals surface area contributed by atoms with Gasteiger partial charge >= 0.3 is 18.0 Å². The first-order valence-electron chi connectivity index (χ1n) is 14.4. The quantitative estimate of drug-likeness (QED) is 0.240. The molecule has 1 aliphatic carbocycles. The van der Waals surface area contributed by atoms with Gasteiger partial charge in [-0.2, -0.15) is 26.3 Å². The largest absolute Gasteiger partial charge is 0.795 e. The van der Waals surface area contributed by atoms with Crippen LogP contribution < -0.4 is 5.11 Å². The van der Waals surface area contributed by atoms with Gasteiger partial charge in [0.25, 0.3) is 0 Å². The Hall–Kier alpha value is -2.78. The number of hydrogen-bond acceptors (Lipinski definition) is 5. The Morgan fingerprint density at radius 2 is 0.957 bits per heavy atom. The molecule has 0 amide bonds. The summed E-state index contributed by atoms with van der Waals surface area (Å²) in [5, 5.41) is 30.8. The molecular formula is C32H38CoF9N2O3-. The minimum absolute atomic E-state index is 0. The van der Waals surface area contributed by atoms with Crippen LogP contribution in [0, 0.1) is 0 Å². The van der Waals surface area contributed by atoms with Crippen LogP contribution >= 0.6 is 0 Å². The number of aliphatic imine (C=N–C) groups is 2. The van der Waals surface area contributed by atoms with Gasteiger partial charge in [-0.05, 0) is 46.9 Å². The molecule has 2 aromatic rings. The minimum atomic E-state index is -7.08. The third-order valence-electron chi connectivity index (χ3n) is 7.44. The summed E-state index contributed by atoms with van der Waals surface area (Å²) in [5.74, 6) is 0.618. The first-order chi connectivity index (χ1) is 20.7. The predicted octanol–water partition coefficient (Wildman–Crippen LogP) is 8.31. The molecule has 2 atom stereocenters. The van der Waals surface area contributed by atoms with E-state index in [9.17, 15) is 54.8 Å². The molecule has 0 spiro atoms. The first-order valence-corrected chi connectivity index (χ1v) is 14.4. The van der Waals surface area contributed by atoms with Crippen molar-refractivity contribution < 1.29 is 71.6 Å². The van der Waals surface area contributed by atoms with Crippen molar-refractivity contribution >= 4 is 12.4 Å². The molecule has 1 aliphatic rings. The van der Waals surface area contributed by atoms with Crippen LogP contribution in [0.1, 0.15) is 89.5 Å². The minimum Gasteiger partial charge on any atom is -0.795 e. The fourth-order valence-electron chi connectivity index (χ4n) is 4.82. The Bertz CT molecular complexity index is 1270. The van der Waals surface area contributed by atoms with E-state index in [4.69, 9.17) is 9.98 Å². The van der Waals surface area contributed by atoms with Gasteiger partial charge in [0.2, 0.25) is 6.11 Å². The van der Waals surface area contributed by atoms with Gasteiger partial charge in [0, 0.05) is 40.3 Å². The van der Waals surface area contributed by atoms with Crippen LogP contribution in [-0.4, -0.2) is 58.9 Å². The number of phenolic OH excluding ortho intramolecular Hbond substituents is 2. The Labute approximate surface area is 278 Å². The van der Waals surface area contributed by atoms with Crippen molar-refractivity contribution in [3.05, 3.63) is 58.7 Å². The average Bonchev–Trinajstić information content (AvgIpc) is 2.89. The van der Waals surface area contributed by atoms with Gasteiger partial charge < -0.3 is 15.3 Å². The number of phenols is 2. The number of aromatic hydroxyl groups is 2. The van der Waals surface area contributed by atoms with E-state index in [1.807, 2.05) is 36.4 Å². The maximum Gasteiger partial charge on any atom is 0.436 e. The normalized spacial score (nSPS) is 18.6. The van der Waals surface area contributed by atoms with E-state index in [2.05, 4.69) is 41.5 Å². The van der Waals surface area contributed by atoms with Crippen molar-refractivity contribution in [2.24, 2.45) is 9.98 Å². The second kappa shape index (κ2) is 15.2. The average molecular weight is 729 g/mol. The molecule has 0 heterocycles. The fourth-order valence-corrected chi connectivity index (χ4v) is 4.82. The van der Waals surface area contributed by atoms with Gasteiger partial charge in [0.1, 0.15) is 11.5 Å². The van der Waals surface area contributed by atoms with E-state index in [0.29, 0.717) is 11.5 Å². The van der Waals surface area contributed by atoms with Crippen LogP contribution in [0.2, 0.25) is 0 Å². The van der Waals surface area contributed by atoms with Gasteiger partial charge in [-0.1, -0.05) is 78.6 Å². The van der Waals surface area contributed by atoms with Crippen LogP contribution in [0.5, 0.6) is 11.5 Å². The summed E-state index contributed by atoms with van der Waals surface area (Å²) >= 11 is 0. The Morgan fingerprint density at radius 3 is 1.19 bits per heavy atom. The van der Waals surface area contributed by atoms with Crippen LogP contribution in [-0.2, 0) is 27.6 Å². The van der Waals surface area contributed by atoms with E-state index in [0.717, 1.165) is 47.9 Å². The Balaban J connectivity index is 0.000000625. The van der Waals surface area contributed by atoms with E-state index in [-0.39, 0.29) is 39.7 Å². The first kappa shape index (κ1) is 42.2. The van der Waals surface area contributed by atoms with Gasteiger partial charge in [0.05, 0.1) is 12.1 Å². The third kappa shape index (κ3) is 10.1. The second-order valence-corrected chi connectivity index (χ2v) is 13.1. The summed E-state index contributed by atoms with van der Waals surface area (Å²) in [4.78, 5) is 9.70. The van der Waals surface area contributed by atoms with Crippen LogP contribution in [0.25, 0.3) is 0 Å².